The van der Waals surface area contributed by atoms with Crippen LogP contribution in [0.5, 0.6) is 0 Å². The van der Waals surface area contributed by atoms with E-state index in [1.165, 1.54) is 4.90 Å². The maximum absolute atomic E-state index is 12.2. The van der Waals surface area contributed by atoms with E-state index < -0.39 is 50.7 Å². The van der Waals surface area contributed by atoms with Crippen LogP contribution in [0, 0.1) is 10.1 Å². The van der Waals surface area contributed by atoms with Gasteiger partial charge in [0.25, 0.3) is 5.69 Å². The van der Waals surface area contributed by atoms with E-state index in [0.717, 1.165) is 30.5 Å². The Morgan fingerprint density at radius 1 is 1.21 bits per heavy atom. The topological polar surface area (TPSA) is 187 Å². The van der Waals surface area contributed by atoms with Crippen molar-refractivity contribution in [2.75, 3.05) is 19.3 Å². The summed E-state index contributed by atoms with van der Waals surface area (Å²) >= 11 is 0. The van der Waals surface area contributed by atoms with Gasteiger partial charge >= 0.3 is 18.2 Å². The molecule has 2 amide bonds. The summed E-state index contributed by atoms with van der Waals surface area (Å²) < 4.78 is 35.2. The Morgan fingerprint density at radius 2 is 1.82 bits per heavy atom. The van der Waals surface area contributed by atoms with E-state index in [1.54, 1.807) is 20.8 Å². The van der Waals surface area contributed by atoms with Gasteiger partial charge in [0.15, 0.2) is 0 Å². The number of benzene rings is 1. The molecule has 0 bridgehead atoms. The van der Waals surface area contributed by atoms with Crippen LogP contribution in [0.2, 0.25) is 0 Å². The highest BCUT2D eigenvalue weighted by Crippen LogP contribution is 2.17. The number of amides is 2. The number of nitro groups is 1. The zero-order chi connectivity index (χ0) is 25.7. The Balaban J connectivity index is 2.06. The number of likely N-dealkylation sites (tertiary alicyclic amines) is 1. The number of carbonyl (C=O) groups is 3. The number of hydrogen-bond acceptors (Lipinski definition) is 10. The van der Waals surface area contributed by atoms with E-state index >= 15 is 0 Å². The Kier molecular flexibility index (Phi) is 8.15. The van der Waals surface area contributed by atoms with Gasteiger partial charge in [-0.25, -0.2) is 27.8 Å². The van der Waals surface area contributed by atoms with Gasteiger partial charge in [0.2, 0.25) is 16.0 Å². The van der Waals surface area contributed by atoms with Gasteiger partial charge in [-0.15, -0.1) is 0 Å². The van der Waals surface area contributed by atoms with Crippen molar-refractivity contribution in [2.45, 2.75) is 38.8 Å². The van der Waals surface area contributed by atoms with Gasteiger partial charge in [0.05, 0.1) is 22.8 Å². The third kappa shape index (κ3) is 8.65. The Morgan fingerprint density at radius 3 is 2.35 bits per heavy atom. The van der Waals surface area contributed by atoms with Gasteiger partial charge in [-0.2, -0.15) is 0 Å². The summed E-state index contributed by atoms with van der Waals surface area (Å²) in [5.74, 6) is -1.62. The first kappa shape index (κ1) is 26.5. The first-order chi connectivity index (χ1) is 15.6. The monoisotopic (exact) mass is 499 g/mol. The van der Waals surface area contributed by atoms with Gasteiger partial charge in [-0.1, -0.05) is 0 Å². The Hall–Kier alpha value is -3.75. The number of nitrogens with one attached hydrogen (secondary N) is 2. The summed E-state index contributed by atoms with van der Waals surface area (Å²) in [6.45, 7) is 5.58. The maximum atomic E-state index is 12.2. The molecule has 2 N–H and O–H groups in total. The fraction of sp³-hybridized carbons (Fsp3) is 0.474. The van der Waals surface area contributed by atoms with E-state index in [1.807, 2.05) is 10.0 Å². The SMILES string of the molecule is CC(C)(C)OC(=O)N1CC[C@H](N=C(NC(=O)OC(=O)c2ccc([N+](=O)[O-])cc2)NS(C)(=O)=O)C1. The number of esters is 1. The van der Waals surface area contributed by atoms with Gasteiger partial charge in [0, 0.05) is 25.2 Å². The minimum absolute atomic E-state index is 0.113. The molecule has 1 aromatic carbocycles. The second-order valence-electron chi connectivity index (χ2n) is 8.33. The highest BCUT2D eigenvalue weighted by Gasteiger charge is 2.30. The van der Waals surface area contributed by atoms with Crippen LogP contribution >= 0.6 is 0 Å². The lowest BCUT2D eigenvalue weighted by molar-refractivity contribution is -0.384. The van der Waals surface area contributed by atoms with Crippen LogP contribution in [-0.4, -0.2) is 73.3 Å². The molecule has 1 aliphatic rings. The molecular weight excluding hydrogens is 474 g/mol. The molecular formula is C19H25N5O9S. The lowest BCUT2D eigenvalue weighted by atomic mass is 10.2. The smallest absolute Gasteiger partial charge is 0.421 e. The highest BCUT2D eigenvalue weighted by atomic mass is 32.2. The molecule has 0 unspecified atom stereocenters. The largest absolute Gasteiger partial charge is 0.444 e. The van der Waals surface area contributed by atoms with Gasteiger partial charge in [-0.3, -0.25) is 20.2 Å². The van der Waals surface area contributed by atoms with E-state index in [-0.39, 0.29) is 17.8 Å². The number of hydrogen-bond donors (Lipinski definition) is 2. The van der Waals surface area contributed by atoms with Crippen molar-refractivity contribution in [3.05, 3.63) is 39.9 Å². The molecule has 2 rings (SSSR count). The quantitative estimate of drug-likeness (QED) is 0.154. The van der Waals surface area contributed by atoms with Crippen LogP contribution in [0.1, 0.15) is 37.6 Å². The number of nitrogens with zero attached hydrogens (tertiary/aromatic N) is 3. The normalized spacial score (nSPS) is 16.5. The highest BCUT2D eigenvalue weighted by molar-refractivity contribution is 7.89. The summed E-state index contributed by atoms with van der Waals surface area (Å²) in [7, 11) is -3.86. The number of alkyl carbamates (subject to hydrolysis) is 1. The number of nitro benzene ring substituents is 1. The molecule has 1 aliphatic heterocycles. The van der Waals surface area contributed by atoms with Crippen LogP contribution < -0.4 is 10.0 Å². The lowest BCUT2D eigenvalue weighted by Crippen LogP contribution is -2.45. The molecule has 0 radical (unpaired) electrons. The van der Waals surface area contributed by atoms with Gasteiger partial charge < -0.3 is 14.4 Å². The fourth-order valence-corrected chi connectivity index (χ4v) is 3.22. The van der Waals surface area contributed by atoms with E-state index in [9.17, 15) is 32.9 Å². The van der Waals surface area contributed by atoms with Crippen LogP contribution in [0.3, 0.4) is 0 Å². The average molecular weight is 500 g/mol. The van der Waals surface area contributed by atoms with Gasteiger partial charge in [-0.05, 0) is 39.3 Å². The summed E-state index contributed by atoms with van der Waals surface area (Å²) in [5, 5.41) is 12.7. The number of rotatable bonds is 4. The summed E-state index contributed by atoms with van der Waals surface area (Å²) in [5.41, 5.74) is -1.09. The van der Waals surface area contributed by atoms with Crippen molar-refractivity contribution in [2.24, 2.45) is 4.99 Å². The van der Waals surface area contributed by atoms with Crippen molar-refractivity contribution < 1.29 is 37.2 Å². The molecule has 1 atom stereocenters. The predicted octanol–water partition coefficient (Wildman–Crippen LogP) is 1.38. The van der Waals surface area contributed by atoms with E-state index in [0.29, 0.717) is 13.0 Å². The fourth-order valence-electron chi connectivity index (χ4n) is 2.77. The standard InChI is InChI=1S/C19H25N5O9S/c1-19(2,3)33-18(27)23-10-9-13(11-23)20-16(22-34(4,30)31)21-17(26)32-15(25)12-5-7-14(8-6-12)24(28)29/h5-8,13H,9-11H2,1-4H3,(H2,20,21,22,26)/t13-/m0/s1. The molecule has 34 heavy (non-hydrogen) atoms. The molecule has 1 fully saturated rings. The number of sulfonamides is 1. The predicted molar refractivity (Wildman–Crippen MR) is 119 cm³/mol. The third-order valence-corrected chi connectivity index (χ3v) is 4.69. The van der Waals surface area contributed by atoms with Crippen molar-refractivity contribution in [3.8, 4) is 0 Å². The maximum Gasteiger partial charge on any atom is 0.421 e. The van der Waals surface area contributed by atoms with Crippen molar-refractivity contribution >= 4 is 39.8 Å². The Labute approximate surface area is 195 Å². The summed E-state index contributed by atoms with van der Waals surface area (Å²) in [6.07, 6.45) is -0.685. The number of ether oxygens (including phenoxy) is 2. The Bertz CT molecular complexity index is 1090. The molecule has 0 aliphatic carbocycles. The second-order valence-corrected chi connectivity index (χ2v) is 10.1. The molecule has 1 saturated heterocycles. The molecule has 0 aromatic heterocycles. The molecule has 15 heteroatoms. The van der Waals surface area contributed by atoms with Crippen LogP contribution in [0.4, 0.5) is 15.3 Å². The lowest BCUT2D eigenvalue weighted by Gasteiger charge is -2.24. The van der Waals surface area contributed by atoms with Crippen LogP contribution in [0.25, 0.3) is 0 Å². The zero-order valence-electron chi connectivity index (χ0n) is 18.9. The molecule has 1 heterocycles. The molecule has 0 spiro atoms. The van der Waals surface area contributed by atoms with Gasteiger partial charge in [0.1, 0.15) is 5.60 Å². The average Bonchev–Trinajstić information content (AvgIpc) is 3.14. The van der Waals surface area contributed by atoms with E-state index in [2.05, 4.69) is 9.73 Å². The number of carbonyl (C=O) groups excluding carboxylic acids is 3. The summed E-state index contributed by atoms with van der Waals surface area (Å²) in [6, 6.07) is 3.75. The number of guanidine groups is 1. The number of non-ortho nitro benzene ring substituents is 1. The van der Waals surface area contributed by atoms with Crippen molar-refractivity contribution in [3.63, 3.8) is 0 Å². The van der Waals surface area contributed by atoms with Crippen LogP contribution in [0.15, 0.2) is 29.3 Å². The minimum Gasteiger partial charge on any atom is -0.444 e. The van der Waals surface area contributed by atoms with Crippen LogP contribution in [-0.2, 0) is 19.5 Å². The molecule has 186 valence electrons. The second kappa shape index (κ2) is 10.5. The zero-order valence-corrected chi connectivity index (χ0v) is 19.7. The molecule has 14 nitrogen and oxygen atoms in total. The third-order valence-electron chi connectivity index (χ3n) is 4.13. The van der Waals surface area contributed by atoms with Crippen molar-refractivity contribution in [1.82, 2.24) is 14.9 Å². The summed E-state index contributed by atoms with van der Waals surface area (Å²) in [4.78, 5) is 52.0. The first-order valence-corrected chi connectivity index (χ1v) is 11.8. The first-order valence-electron chi connectivity index (χ1n) is 9.94. The van der Waals surface area contributed by atoms with Crippen molar-refractivity contribution in [1.29, 1.82) is 0 Å². The molecule has 1 aromatic rings. The number of aliphatic imine (C=N–C) groups is 1. The van der Waals surface area contributed by atoms with E-state index in [4.69, 9.17) is 4.74 Å². The minimum atomic E-state index is -3.86. The molecule has 0 saturated carbocycles.